The first kappa shape index (κ1) is 18.1. The predicted molar refractivity (Wildman–Crippen MR) is 106 cm³/mol. The Balaban J connectivity index is 1.64. The third-order valence-electron chi connectivity index (χ3n) is 5.81. The van der Waals surface area contributed by atoms with Crippen molar-refractivity contribution in [2.75, 3.05) is 26.2 Å². The van der Waals surface area contributed by atoms with Crippen LogP contribution in [0.4, 0.5) is 0 Å². The zero-order chi connectivity index (χ0) is 18.8. The van der Waals surface area contributed by atoms with Crippen LogP contribution in [0.3, 0.4) is 0 Å². The van der Waals surface area contributed by atoms with Crippen molar-refractivity contribution in [3.63, 3.8) is 0 Å². The van der Waals surface area contributed by atoms with E-state index in [0.717, 1.165) is 37.4 Å². The first-order valence-corrected chi connectivity index (χ1v) is 10.1. The Morgan fingerprint density at radius 1 is 1.15 bits per heavy atom. The lowest BCUT2D eigenvalue weighted by atomic mass is 9.95. The smallest absolute Gasteiger partial charge is 0.257 e. The van der Waals surface area contributed by atoms with Gasteiger partial charge in [0.15, 0.2) is 0 Å². The van der Waals surface area contributed by atoms with Crippen molar-refractivity contribution in [3.8, 4) is 11.3 Å². The standard InChI is InChI=1S/C22H28N4O/c1-3-11-25-13-17-9-10-19(25)15-26(14-17)22(27)20-12-23-16(2)24-21(20)18-7-5-4-6-8-18/h4-8,12,17,19H,3,9-11,13-15H2,1-2H3/t17-,19-/m0/s1. The summed E-state index contributed by atoms with van der Waals surface area (Å²) in [6.07, 6.45) is 5.31. The maximum absolute atomic E-state index is 13.5. The van der Waals surface area contributed by atoms with Gasteiger partial charge in [-0.25, -0.2) is 9.97 Å². The van der Waals surface area contributed by atoms with Gasteiger partial charge in [-0.3, -0.25) is 9.69 Å². The molecule has 2 atom stereocenters. The second kappa shape index (κ2) is 7.77. The largest absolute Gasteiger partial charge is 0.337 e. The summed E-state index contributed by atoms with van der Waals surface area (Å²) in [6.45, 7) is 8.02. The third-order valence-corrected chi connectivity index (χ3v) is 5.81. The molecule has 3 aliphatic rings. The van der Waals surface area contributed by atoms with Crippen LogP contribution in [0.5, 0.6) is 0 Å². The molecule has 1 aromatic carbocycles. The molecule has 0 saturated carbocycles. The Kier molecular flexibility index (Phi) is 5.21. The van der Waals surface area contributed by atoms with Gasteiger partial charge < -0.3 is 4.90 Å². The number of carbonyl (C=O) groups is 1. The molecule has 5 nitrogen and oxygen atoms in total. The highest BCUT2D eigenvalue weighted by atomic mass is 16.2. The summed E-state index contributed by atoms with van der Waals surface area (Å²) < 4.78 is 0. The number of carbonyl (C=O) groups excluding carboxylic acids is 1. The van der Waals surface area contributed by atoms with E-state index >= 15 is 0 Å². The summed E-state index contributed by atoms with van der Waals surface area (Å²) in [5.41, 5.74) is 2.34. The van der Waals surface area contributed by atoms with Crippen molar-refractivity contribution in [1.29, 1.82) is 0 Å². The van der Waals surface area contributed by atoms with Gasteiger partial charge in [0.25, 0.3) is 5.91 Å². The van der Waals surface area contributed by atoms with Crippen LogP contribution >= 0.6 is 0 Å². The summed E-state index contributed by atoms with van der Waals surface area (Å²) in [7, 11) is 0. The monoisotopic (exact) mass is 364 g/mol. The van der Waals surface area contributed by atoms with Crippen LogP contribution in [0, 0.1) is 12.8 Å². The second-order valence-corrected chi connectivity index (χ2v) is 7.85. The summed E-state index contributed by atoms with van der Waals surface area (Å²) >= 11 is 0. The van der Waals surface area contributed by atoms with Gasteiger partial charge in [0.1, 0.15) is 5.82 Å². The van der Waals surface area contributed by atoms with Gasteiger partial charge in [-0.1, -0.05) is 37.3 Å². The third kappa shape index (κ3) is 3.74. The zero-order valence-electron chi connectivity index (χ0n) is 16.3. The van der Waals surface area contributed by atoms with E-state index in [1.807, 2.05) is 37.3 Å². The summed E-state index contributed by atoms with van der Waals surface area (Å²) in [6, 6.07) is 10.4. The van der Waals surface area contributed by atoms with E-state index in [1.54, 1.807) is 6.20 Å². The highest BCUT2D eigenvalue weighted by molar-refractivity contribution is 5.99. The Morgan fingerprint density at radius 2 is 1.96 bits per heavy atom. The molecular weight excluding hydrogens is 336 g/mol. The molecule has 27 heavy (non-hydrogen) atoms. The number of hydrogen-bond acceptors (Lipinski definition) is 4. The van der Waals surface area contributed by atoms with E-state index in [9.17, 15) is 4.79 Å². The summed E-state index contributed by atoms with van der Waals surface area (Å²) in [4.78, 5) is 27.1. The number of amides is 1. The predicted octanol–water partition coefficient (Wildman–Crippen LogP) is 3.40. The van der Waals surface area contributed by atoms with Crippen molar-refractivity contribution in [3.05, 3.63) is 47.9 Å². The Morgan fingerprint density at radius 3 is 2.74 bits per heavy atom. The minimum atomic E-state index is 0.0732. The van der Waals surface area contributed by atoms with E-state index in [-0.39, 0.29) is 5.91 Å². The van der Waals surface area contributed by atoms with Crippen LogP contribution in [0.15, 0.2) is 36.5 Å². The average Bonchev–Trinajstić information content (AvgIpc) is 3.00. The van der Waals surface area contributed by atoms with Gasteiger partial charge >= 0.3 is 0 Å². The number of piperidine rings is 1. The molecule has 0 unspecified atom stereocenters. The summed E-state index contributed by atoms with van der Waals surface area (Å²) in [5, 5.41) is 0. The quantitative estimate of drug-likeness (QED) is 0.834. The molecule has 0 aliphatic carbocycles. The molecule has 3 saturated heterocycles. The van der Waals surface area contributed by atoms with Crippen LogP contribution in [0.2, 0.25) is 0 Å². The zero-order valence-corrected chi connectivity index (χ0v) is 16.3. The molecule has 2 aromatic rings. The van der Waals surface area contributed by atoms with E-state index in [4.69, 9.17) is 0 Å². The molecule has 1 aromatic heterocycles. The molecule has 142 valence electrons. The number of benzene rings is 1. The highest BCUT2D eigenvalue weighted by Gasteiger charge is 2.36. The van der Waals surface area contributed by atoms with Gasteiger partial charge in [-0.15, -0.1) is 0 Å². The topological polar surface area (TPSA) is 49.3 Å². The lowest BCUT2D eigenvalue weighted by Gasteiger charge is -2.35. The molecule has 5 heteroatoms. The van der Waals surface area contributed by atoms with E-state index in [0.29, 0.717) is 23.3 Å². The molecule has 4 heterocycles. The number of fused-ring (bicyclic) bond motifs is 4. The minimum Gasteiger partial charge on any atom is -0.337 e. The Labute approximate surface area is 161 Å². The molecule has 0 N–H and O–H groups in total. The molecule has 3 fully saturated rings. The van der Waals surface area contributed by atoms with E-state index < -0.39 is 0 Å². The maximum Gasteiger partial charge on any atom is 0.257 e. The fourth-order valence-electron chi connectivity index (χ4n) is 4.52. The van der Waals surface area contributed by atoms with Crippen molar-refractivity contribution < 1.29 is 4.79 Å². The Bertz CT molecular complexity index is 807. The maximum atomic E-state index is 13.5. The highest BCUT2D eigenvalue weighted by Crippen LogP contribution is 2.30. The molecule has 0 radical (unpaired) electrons. The molecule has 3 aliphatic heterocycles. The van der Waals surface area contributed by atoms with Crippen molar-refractivity contribution in [1.82, 2.24) is 19.8 Å². The van der Waals surface area contributed by atoms with Gasteiger partial charge in [0.05, 0.1) is 11.3 Å². The van der Waals surface area contributed by atoms with Gasteiger partial charge in [-0.2, -0.15) is 0 Å². The Hall–Kier alpha value is -2.27. The number of hydrogen-bond donors (Lipinski definition) is 0. The van der Waals surface area contributed by atoms with Crippen LogP contribution in [0.1, 0.15) is 42.4 Å². The number of nitrogens with zero attached hydrogens (tertiary/aromatic N) is 4. The van der Waals surface area contributed by atoms with E-state index in [1.165, 1.54) is 19.3 Å². The lowest BCUT2D eigenvalue weighted by Crippen LogP contribution is -2.44. The van der Waals surface area contributed by atoms with Gasteiger partial charge in [-0.05, 0) is 38.6 Å². The van der Waals surface area contributed by atoms with Crippen molar-refractivity contribution in [2.24, 2.45) is 5.92 Å². The van der Waals surface area contributed by atoms with Crippen LogP contribution in [-0.4, -0.2) is 57.9 Å². The van der Waals surface area contributed by atoms with Crippen LogP contribution < -0.4 is 0 Å². The molecule has 1 amide bonds. The second-order valence-electron chi connectivity index (χ2n) is 7.85. The van der Waals surface area contributed by atoms with Crippen LogP contribution in [0.25, 0.3) is 11.3 Å². The first-order valence-electron chi connectivity index (χ1n) is 10.1. The van der Waals surface area contributed by atoms with Crippen molar-refractivity contribution >= 4 is 5.91 Å². The fraction of sp³-hybridized carbons (Fsp3) is 0.500. The van der Waals surface area contributed by atoms with E-state index in [2.05, 4.69) is 26.7 Å². The van der Waals surface area contributed by atoms with Crippen molar-refractivity contribution in [2.45, 2.75) is 39.2 Å². The number of aryl methyl sites for hydroxylation is 1. The molecular formula is C22H28N4O. The first-order chi connectivity index (χ1) is 13.2. The van der Waals surface area contributed by atoms with Gasteiger partial charge in [0, 0.05) is 37.4 Å². The average molecular weight is 364 g/mol. The summed E-state index contributed by atoms with van der Waals surface area (Å²) in [5.74, 6) is 1.34. The fourth-order valence-corrected chi connectivity index (χ4v) is 4.52. The normalized spacial score (nSPS) is 22.7. The molecule has 0 spiro atoms. The number of rotatable bonds is 4. The van der Waals surface area contributed by atoms with Gasteiger partial charge in [0.2, 0.25) is 0 Å². The SMILES string of the molecule is CCCN1C[C@@H]2CC[C@H]1CN(C(=O)c1cnc(C)nc1-c1ccccc1)C2. The molecule has 5 rings (SSSR count). The molecule has 2 bridgehead atoms. The minimum absolute atomic E-state index is 0.0732. The van der Waals surface area contributed by atoms with Crippen LogP contribution in [-0.2, 0) is 0 Å². The number of aromatic nitrogens is 2. The lowest BCUT2D eigenvalue weighted by molar-refractivity contribution is 0.0738.